The maximum absolute atomic E-state index is 13.5. The number of nitrogens with one attached hydrogen (secondary N) is 1. The van der Waals surface area contributed by atoms with Gasteiger partial charge >= 0.3 is 0 Å². The highest BCUT2D eigenvalue weighted by atomic mass is 79.9. The number of rotatable bonds is 10. The summed E-state index contributed by atoms with van der Waals surface area (Å²) >= 11 is 3.40. The van der Waals surface area contributed by atoms with Crippen LogP contribution in [0.4, 0.5) is 5.69 Å². The summed E-state index contributed by atoms with van der Waals surface area (Å²) in [6.45, 7) is 7.09. The molecule has 33 heavy (non-hydrogen) atoms. The Labute approximate surface area is 205 Å². The van der Waals surface area contributed by atoms with E-state index < -0.39 is 28.5 Å². The summed E-state index contributed by atoms with van der Waals surface area (Å²) in [6.07, 6.45) is 1.83. The molecule has 0 radical (unpaired) electrons. The van der Waals surface area contributed by atoms with Crippen molar-refractivity contribution in [2.45, 2.75) is 52.7 Å². The molecule has 7 nitrogen and oxygen atoms in total. The van der Waals surface area contributed by atoms with Gasteiger partial charge in [0.25, 0.3) is 0 Å². The first-order valence-electron chi connectivity index (χ1n) is 10.8. The first-order chi connectivity index (χ1) is 15.4. The molecule has 0 fully saturated rings. The van der Waals surface area contributed by atoms with E-state index in [9.17, 15) is 18.0 Å². The van der Waals surface area contributed by atoms with Gasteiger partial charge < -0.3 is 10.2 Å². The molecule has 0 heterocycles. The Morgan fingerprint density at radius 3 is 2.21 bits per heavy atom. The average Bonchev–Trinajstić information content (AvgIpc) is 2.76. The van der Waals surface area contributed by atoms with Gasteiger partial charge in [0.15, 0.2) is 0 Å². The largest absolute Gasteiger partial charge is 0.352 e. The highest BCUT2D eigenvalue weighted by molar-refractivity contribution is 9.10. The lowest BCUT2D eigenvalue weighted by Crippen LogP contribution is -2.52. The number of anilines is 1. The van der Waals surface area contributed by atoms with Crippen LogP contribution in [0.2, 0.25) is 0 Å². The number of para-hydroxylation sites is 1. The highest BCUT2D eigenvalue weighted by Crippen LogP contribution is 2.23. The van der Waals surface area contributed by atoms with Crippen LogP contribution in [0, 0.1) is 6.92 Å². The summed E-state index contributed by atoms with van der Waals surface area (Å²) < 4.78 is 27.2. The fraction of sp³-hybridized carbons (Fsp3) is 0.417. The Balaban J connectivity index is 2.39. The minimum absolute atomic E-state index is 0.0379. The van der Waals surface area contributed by atoms with Gasteiger partial charge in [0.2, 0.25) is 21.8 Å². The van der Waals surface area contributed by atoms with Crippen molar-refractivity contribution in [2.75, 3.05) is 17.1 Å². The summed E-state index contributed by atoms with van der Waals surface area (Å²) in [6, 6.07) is 13.6. The number of halogens is 1. The topological polar surface area (TPSA) is 86.8 Å². The van der Waals surface area contributed by atoms with E-state index in [4.69, 9.17) is 0 Å². The van der Waals surface area contributed by atoms with E-state index in [0.29, 0.717) is 5.69 Å². The van der Waals surface area contributed by atoms with Gasteiger partial charge in [-0.25, -0.2) is 8.42 Å². The number of benzene rings is 2. The molecule has 2 aromatic rings. The van der Waals surface area contributed by atoms with E-state index in [0.717, 1.165) is 32.6 Å². The third-order valence-corrected chi connectivity index (χ3v) is 7.15. The number of nitrogens with zero attached hydrogens (tertiary/aromatic N) is 2. The number of amides is 2. The predicted octanol–water partition coefficient (Wildman–Crippen LogP) is 3.86. The second kappa shape index (κ2) is 11.7. The summed E-state index contributed by atoms with van der Waals surface area (Å²) in [5.41, 5.74) is 2.00. The highest BCUT2D eigenvalue weighted by Gasteiger charge is 2.30. The van der Waals surface area contributed by atoms with E-state index >= 15 is 0 Å². The SMILES string of the molecule is CC[C@@H](C)NC(=O)[C@H](C)N(Cc1ccc(Br)cc1)C(=O)CN(c1ccccc1C)S(C)(=O)=O. The number of carbonyl (C=O) groups is 2. The van der Waals surface area contributed by atoms with Crippen LogP contribution in [0.15, 0.2) is 53.0 Å². The zero-order valence-electron chi connectivity index (χ0n) is 19.7. The molecule has 2 amide bonds. The zero-order valence-corrected chi connectivity index (χ0v) is 22.1. The van der Waals surface area contributed by atoms with E-state index in [1.807, 2.05) is 44.2 Å². The Kier molecular flexibility index (Phi) is 9.48. The molecule has 0 aromatic heterocycles. The molecule has 2 aromatic carbocycles. The monoisotopic (exact) mass is 537 g/mol. The molecule has 0 aliphatic rings. The summed E-state index contributed by atoms with van der Waals surface area (Å²) in [5, 5.41) is 2.91. The van der Waals surface area contributed by atoms with Crippen LogP contribution in [0.1, 0.15) is 38.3 Å². The predicted molar refractivity (Wildman–Crippen MR) is 135 cm³/mol. The van der Waals surface area contributed by atoms with Crippen LogP contribution < -0.4 is 9.62 Å². The van der Waals surface area contributed by atoms with Crippen molar-refractivity contribution in [1.82, 2.24) is 10.2 Å². The fourth-order valence-electron chi connectivity index (χ4n) is 3.27. The smallest absolute Gasteiger partial charge is 0.244 e. The van der Waals surface area contributed by atoms with Crippen LogP contribution >= 0.6 is 15.9 Å². The summed E-state index contributed by atoms with van der Waals surface area (Å²) in [5.74, 6) is -0.741. The molecule has 1 N–H and O–H groups in total. The van der Waals surface area contributed by atoms with Crippen molar-refractivity contribution in [3.63, 3.8) is 0 Å². The molecular weight excluding hydrogens is 506 g/mol. The van der Waals surface area contributed by atoms with Gasteiger partial charge in [-0.2, -0.15) is 0 Å². The molecule has 0 unspecified atom stereocenters. The van der Waals surface area contributed by atoms with Gasteiger partial charge in [0.05, 0.1) is 11.9 Å². The van der Waals surface area contributed by atoms with Crippen LogP contribution in [0.5, 0.6) is 0 Å². The second-order valence-electron chi connectivity index (χ2n) is 8.20. The van der Waals surface area contributed by atoms with Crippen LogP contribution in [-0.2, 0) is 26.2 Å². The van der Waals surface area contributed by atoms with E-state index in [1.54, 1.807) is 32.0 Å². The third kappa shape index (κ3) is 7.57. The molecule has 2 rings (SSSR count). The molecule has 180 valence electrons. The molecule has 0 saturated heterocycles. The number of aryl methyl sites for hydroxylation is 1. The molecule has 9 heteroatoms. The second-order valence-corrected chi connectivity index (χ2v) is 11.0. The number of carbonyl (C=O) groups excluding carboxylic acids is 2. The van der Waals surface area contributed by atoms with Crippen molar-refractivity contribution < 1.29 is 18.0 Å². The standard InChI is InChI=1S/C24H32BrN3O4S/c1-6-18(3)26-24(30)19(4)27(15-20-11-13-21(25)14-12-20)23(29)16-28(33(5,31)32)22-10-8-7-9-17(22)2/h7-14,18-19H,6,15-16H2,1-5H3,(H,26,30)/t18-,19+/m1/s1. The zero-order chi connectivity index (χ0) is 24.8. The minimum Gasteiger partial charge on any atom is -0.352 e. The molecule has 0 bridgehead atoms. The fourth-order valence-corrected chi connectivity index (χ4v) is 4.44. The normalized spacial score (nSPS) is 13.2. The van der Waals surface area contributed by atoms with Gasteiger partial charge in [-0.15, -0.1) is 0 Å². The van der Waals surface area contributed by atoms with Crippen molar-refractivity contribution in [2.24, 2.45) is 0 Å². The molecule has 0 aliphatic carbocycles. The van der Waals surface area contributed by atoms with Crippen molar-refractivity contribution in [3.8, 4) is 0 Å². The number of sulfonamides is 1. The quantitative estimate of drug-likeness (QED) is 0.498. The molecule has 0 aliphatic heterocycles. The van der Waals surface area contributed by atoms with E-state index in [1.165, 1.54) is 4.90 Å². The lowest BCUT2D eigenvalue weighted by molar-refractivity contribution is -0.139. The van der Waals surface area contributed by atoms with Gasteiger partial charge in [0, 0.05) is 17.1 Å². The summed E-state index contributed by atoms with van der Waals surface area (Å²) in [7, 11) is -3.74. The van der Waals surface area contributed by atoms with Crippen molar-refractivity contribution >= 4 is 43.5 Å². The minimum atomic E-state index is -3.74. The average molecular weight is 539 g/mol. The first-order valence-corrected chi connectivity index (χ1v) is 13.5. The lowest BCUT2D eigenvalue weighted by Gasteiger charge is -2.32. The third-order valence-electron chi connectivity index (χ3n) is 5.50. The maximum Gasteiger partial charge on any atom is 0.244 e. The van der Waals surface area contributed by atoms with E-state index in [-0.39, 0.29) is 18.5 Å². The Morgan fingerprint density at radius 1 is 1.06 bits per heavy atom. The van der Waals surface area contributed by atoms with Gasteiger partial charge in [-0.1, -0.05) is 53.2 Å². The van der Waals surface area contributed by atoms with Crippen molar-refractivity contribution in [1.29, 1.82) is 0 Å². The van der Waals surface area contributed by atoms with Crippen LogP contribution in [0.25, 0.3) is 0 Å². The molecule has 0 saturated carbocycles. The van der Waals surface area contributed by atoms with Crippen molar-refractivity contribution in [3.05, 3.63) is 64.1 Å². The molecular formula is C24H32BrN3O4S. The maximum atomic E-state index is 13.5. The Bertz CT molecular complexity index is 1070. The van der Waals surface area contributed by atoms with Gasteiger partial charge in [0.1, 0.15) is 12.6 Å². The molecule has 2 atom stereocenters. The van der Waals surface area contributed by atoms with E-state index in [2.05, 4.69) is 21.2 Å². The lowest BCUT2D eigenvalue weighted by atomic mass is 10.1. The number of hydrogen-bond acceptors (Lipinski definition) is 4. The summed E-state index contributed by atoms with van der Waals surface area (Å²) in [4.78, 5) is 27.8. The first kappa shape index (κ1) is 26.9. The van der Waals surface area contributed by atoms with Crippen LogP contribution in [0.3, 0.4) is 0 Å². The Hall–Kier alpha value is -2.39. The van der Waals surface area contributed by atoms with Gasteiger partial charge in [-0.05, 0) is 56.5 Å². The number of hydrogen-bond donors (Lipinski definition) is 1. The molecule has 0 spiro atoms. The van der Waals surface area contributed by atoms with Gasteiger partial charge in [-0.3, -0.25) is 13.9 Å². The Morgan fingerprint density at radius 2 is 1.67 bits per heavy atom. The van der Waals surface area contributed by atoms with Crippen LogP contribution in [-0.4, -0.2) is 50.0 Å².